The summed E-state index contributed by atoms with van der Waals surface area (Å²) >= 11 is 1.59. The van der Waals surface area contributed by atoms with Gasteiger partial charge < -0.3 is 14.7 Å². The Morgan fingerprint density at radius 3 is 2.94 bits per heavy atom. The fraction of sp³-hybridized carbons (Fsp3) is 0.667. The molecule has 1 atom stereocenters. The molecule has 2 aliphatic rings. The van der Waals surface area contributed by atoms with Crippen LogP contribution in [0, 0.1) is 0 Å². The number of aromatic nitrogens is 1. The predicted molar refractivity (Wildman–Crippen MR) is 67.1 cm³/mol. The van der Waals surface area contributed by atoms with Crippen molar-refractivity contribution in [3.63, 3.8) is 0 Å². The minimum Gasteiger partial charge on any atom is -0.480 e. The molecule has 1 unspecified atom stereocenters. The van der Waals surface area contributed by atoms with E-state index < -0.39 is 11.4 Å². The second kappa shape index (κ2) is 4.29. The second-order valence-electron chi connectivity index (χ2n) is 5.20. The zero-order valence-corrected chi connectivity index (χ0v) is 11.1. The lowest BCUT2D eigenvalue weighted by Gasteiger charge is -2.35. The number of aliphatic carboxylic acids is 1. The Balaban J connectivity index is 1.83. The highest BCUT2D eigenvalue weighted by atomic mass is 32.1. The van der Waals surface area contributed by atoms with E-state index in [-0.39, 0.29) is 13.2 Å². The van der Waals surface area contributed by atoms with Crippen molar-refractivity contribution >= 4 is 17.3 Å². The first-order chi connectivity index (χ1) is 8.62. The number of hydrogen-bond donors (Lipinski definition) is 1. The Hall–Kier alpha value is -0.980. The normalized spacial score (nSPS) is 27.1. The molecule has 1 aromatic heterocycles. The van der Waals surface area contributed by atoms with Gasteiger partial charge in [-0.15, -0.1) is 11.3 Å². The molecule has 98 valence electrons. The molecule has 0 amide bonds. The van der Waals surface area contributed by atoms with Gasteiger partial charge in [0, 0.05) is 17.8 Å². The summed E-state index contributed by atoms with van der Waals surface area (Å²) < 4.78 is 5.08. The summed E-state index contributed by atoms with van der Waals surface area (Å²) in [5.41, 5.74) is -0.213. The Morgan fingerprint density at radius 2 is 2.44 bits per heavy atom. The van der Waals surface area contributed by atoms with Crippen molar-refractivity contribution in [2.24, 2.45) is 0 Å². The van der Waals surface area contributed by atoms with Gasteiger partial charge in [-0.25, -0.2) is 4.98 Å². The topological polar surface area (TPSA) is 62.7 Å². The van der Waals surface area contributed by atoms with Gasteiger partial charge in [-0.1, -0.05) is 0 Å². The van der Waals surface area contributed by atoms with Crippen molar-refractivity contribution in [2.75, 3.05) is 33.4 Å². The molecule has 0 bridgehead atoms. The highest BCUT2D eigenvalue weighted by Crippen LogP contribution is 2.36. The zero-order chi connectivity index (χ0) is 12.8. The Labute approximate surface area is 109 Å². The Morgan fingerprint density at radius 1 is 1.67 bits per heavy atom. The van der Waals surface area contributed by atoms with Crippen LogP contribution in [0.15, 0.2) is 5.38 Å². The molecule has 0 radical (unpaired) electrons. The first kappa shape index (κ1) is 12.1. The van der Waals surface area contributed by atoms with Gasteiger partial charge in [-0.3, -0.25) is 4.79 Å². The number of ether oxygens (including phenoxy) is 1. The minimum absolute atomic E-state index is 0.246. The SMILES string of the molecule is CN1CCC(c2nc(C3(C(=O)O)COC3)cs2)C1. The van der Waals surface area contributed by atoms with Crippen LogP contribution >= 0.6 is 11.3 Å². The lowest BCUT2D eigenvalue weighted by molar-refractivity contribution is -0.163. The van der Waals surface area contributed by atoms with Gasteiger partial charge in [0.25, 0.3) is 0 Å². The van der Waals surface area contributed by atoms with Gasteiger partial charge >= 0.3 is 5.97 Å². The van der Waals surface area contributed by atoms with Crippen LogP contribution in [0.2, 0.25) is 0 Å². The smallest absolute Gasteiger partial charge is 0.320 e. The lowest BCUT2D eigenvalue weighted by Crippen LogP contribution is -2.53. The molecule has 1 aromatic rings. The standard InChI is InChI=1S/C12H16N2O3S/c1-14-3-2-8(4-14)10-13-9(5-18-10)12(11(15)16)6-17-7-12/h5,8H,2-4,6-7H2,1H3,(H,15,16). The van der Waals surface area contributed by atoms with Crippen LogP contribution in [0.5, 0.6) is 0 Å². The summed E-state index contributed by atoms with van der Waals surface area (Å²) in [7, 11) is 2.10. The van der Waals surface area contributed by atoms with Gasteiger partial charge in [0.1, 0.15) is 0 Å². The molecule has 6 heteroatoms. The first-order valence-corrected chi connectivity index (χ1v) is 6.95. The van der Waals surface area contributed by atoms with Crippen LogP contribution in [0.1, 0.15) is 23.0 Å². The molecule has 2 aliphatic heterocycles. The molecule has 0 spiro atoms. The summed E-state index contributed by atoms with van der Waals surface area (Å²) in [5.74, 6) is -0.366. The van der Waals surface area contributed by atoms with E-state index in [0.29, 0.717) is 11.6 Å². The van der Waals surface area contributed by atoms with Crippen molar-refractivity contribution < 1.29 is 14.6 Å². The summed E-state index contributed by atoms with van der Waals surface area (Å²) in [6.45, 7) is 2.60. The van der Waals surface area contributed by atoms with Crippen LogP contribution in [-0.2, 0) is 14.9 Å². The van der Waals surface area contributed by atoms with Crippen molar-refractivity contribution in [1.29, 1.82) is 0 Å². The number of likely N-dealkylation sites (N-methyl/N-ethyl adjacent to an activating group) is 1. The number of carboxylic acid groups (broad SMARTS) is 1. The minimum atomic E-state index is -0.890. The summed E-state index contributed by atoms with van der Waals surface area (Å²) in [6.07, 6.45) is 1.11. The van der Waals surface area contributed by atoms with E-state index in [1.54, 1.807) is 11.3 Å². The average molecular weight is 268 g/mol. The molecular weight excluding hydrogens is 252 g/mol. The van der Waals surface area contributed by atoms with Gasteiger partial charge in [-0.05, 0) is 20.0 Å². The Kier molecular flexibility index (Phi) is 2.88. The van der Waals surface area contributed by atoms with Crippen LogP contribution in [0.3, 0.4) is 0 Å². The summed E-state index contributed by atoms with van der Waals surface area (Å²) in [5, 5.41) is 12.3. The van der Waals surface area contributed by atoms with Crippen LogP contribution < -0.4 is 0 Å². The first-order valence-electron chi connectivity index (χ1n) is 6.07. The number of nitrogens with zero attached hydrogens (tertiary/aromatic N) is 2. The fourth-order valence-corrected chi connectivity index (χ4v) is 3.57. The highest BCUT2D eigenvalue weighted by molar-refractivity contribution is 7.09. The van der Waals surface area contributed by atoms with E-state index in [2.05, 4.69) is 16.9 Å². The second-order valence-corrected chi connectivity index (χ2v) is 6.09. The van der Waals surface area contributed by atoms with Crippen molar-refractivity contribution in [1.82, 2.24) is 9.88 Å². The highest BCUT2D eigenvalue weighted by Gasteiger charge is 2.50. The van der Waals surface area contributed by atoms with E-state index in [4.69, 9.17) is 4.74 Å². The van der Waals surface area contributed by atoms with Crippen LogP contribution in [0.25, 0.3) is 0 Å². The number of carboxylic acids is 1. The molecule has 3 heterocycles. The van der Waals surface area contributed by atoms with E-state index >= 15 is 0 Å². The number of carbonyl (C=O) groups is 1. The monoisotopic (exact) mass is 268 g/mol. The van der Waals surface area contributed by atoms with Crippen molar-refractivity contribution in [3.05, 3.63) is 16.1 Å². The number of thiazole rings is 1. The van der Waals surface area contributed by atoms with Gasteiger partial charge in [0.2, 0.25) is 0 Å². The van der Waals surface area contributed by atoms with E-state index in [0.717, 1.165) is 24.5 Å². The third-order valence-corrected chi connectivity index (χ3v) is 4.87. The van der Waals surface area contributed by atoms with Gasteiger partial charge in [0.05, 0.1) is 23.9 Å². The van der Waals surface area contributed by atoms with E-state index in [1.165, 1.54) is 0 Å². The quantitative estimate of drug-likeness (QED) is 0.883. The van der Waals surface area contributed by atoms with Crippen LogP contribution in [-0.4, -0.2) is 54.3 Å². The average Bonchev–Trinajstić information content (AvgIpc) is 2.84. The largest absolute Gasteiger partial charge is 0.480 e. The molecule has 0 aliphatic carbocycles. The van der Waals surface area contributed by atoms with Gasteiger partial charge in [0.15, 0.2) is 5.41 Å². The molecule has 0 aromatic carbocycles. The zero-order valence-electron chi connectivity index (χ0n) is 10.3. The van der Waals surface area contributed by atoms with Crippen molar-refractivity contribution in [3.8, 4) is 0 Å². The molecule has 1 N–H and O–H groups in total. The third-order valence-electron chi connectivity index (χ3n) is 3.86. The molecule has 18 heavy (non-hydrogen) atoms. The van der Waals surface area contributed by atoms with Gasteiger partial charge in [-0.2, -0.15) is 0 Å². The van der Waals surface area contributed by atoms with E-state index in [9.17, 15) is 9.90 Å². The van der Waals surface area contributed by atoms with E-state index in [1.807, 2.05) is 5.38 Å². The maximum absolute atomic E-state index is 11.4. The lowest BCUT2D eigenvalue weighted by atomic mass is 9.83. The molecule has 3 rings (SSSR count). The van der Waals surface area contributed by atoms with Crippen LogP contribution in [0.4, 0.5) is 0 Å². The molecule has 0 saturated carbocycles. The summed E-state index contributed by atoms with van der Waals surface area (Å²) in [4.78, 5) is 18.2. The molecule has 5 nitrogen and oxygen atoms in total. The fourth-order valence-electron chi connectivity index (χ4n) is 2.52. The third kappa shape index (κ3) is 1.75. The van der Waals surface area contributed by atoms with Crippen molar-refractivity contribution in [2.45, 2.75) is 17.8 Å². The number of likely N-dealkylation sites (tertiary alicyclic amines) is 1. The summed E-state index contributed by atoms with van der Waals surface area (Å²) in [6, 6.07) is 0. The maximum Gasteiger partial charge on any atom is 0.320 e. The maximum atomic E-state index is 11.4. The molecule has 2 fully saturated rings. The Bertz CT molecular complexity index is 470. The number of hydrogen-bond acceptors (Lipinski definition) is 5. The molecular formula is C12H16N2O3S. The number of rotatable bonds is 3. The molecule has 2 saturated heterocycles. The predicted octanol–water partition coefficient (Wildman–Crippen LogP) is 0.915.